The Kier molecular flexibility index (Phi) is 4.96. The topological polar surface area (TPSA) is 116 Å². The Morgan fingerprint density at radius 2 is 1.97 bits per heavy atom. The summed E-state index contributed by atoms with van der Waals surface area (Å²) in [7, 11) is 0. The first-order chi connectivity index (χ1) is 13.9. The number of carboxylic acid groups (broad SMARTS) is 1. The van der Waals surface area contributed by atoms with Crippen molar-refractivity contribution in [3.05, 3.63) is 41.3 Å². The molecule has 1 amide bonds. The second-order valence-corrected chi connectivity index (χ2v) is 7.43. The van der Waals surface area contributed by atoms with Crippen LogP contribution in [-0.2, 0) is 6.54 Å². The number of rotatable bonds is 4. The molecule has 1 aliphatic rings. The van der Waals surface area contributed by atoms with Gasteiger partial charge in [0.1, 0.15) is 17.0 Å². The maximum absolute atomic E-state index is 11.1. The van der Waals surface area contributed by atoms with Gasteiger partial charge in [0.15, 0.2) is 5.65 Å². The Hall–Kier alpha value is -3.36. The van der Waals surface area contributed by atoms with Crippen molar-refractivity contribution in [2.24, 2.45) is 0 Å². The maximum atomic E-state index is 11.1. The third-order valence-corrected chi connectivity index (χ3v) is 5.33. The highest BCUT2D eigenvalue weighted by atomic mass is 16.4. The number of hydrogen-bond donors (Lipinski definition) is 3. The molecule has 9 nitrogen and oxygen atoms in total. The molecule has 0 aromatic carbocycles. The van der Waals surface area contributed by atoms with Crippen molar-refractivity contribution in [1.29, 1.82) is 0 Å². The Morgan fingerprint density at radius 3 is 2.69 bits per heavy atom. The van der Waals surface area contributed by atoms with Gasteiger partial charge < -0.3 is 20.4 Å². The minimum atomic E-state index is -0.878. The standard InChI is InChI=1S/C20H24N6O3/c1-12-5-8-21-18-17(12)24-19(23-14-6-9-25(10-7-14)20(28)29)26(18)11-15-16(27)4-3-13(2)22-15/h3-5,8,14,27H,6-7,9-11H2,1-2H3,(H,23,24)(H,28,29). The van der Waals surface area contributed by atoms with E-state index in [0.717, 1.165) is 22.4 Å². The lowest BCUT2D eigenvalue weighted by atomic mass is 10.1. The Labute approximate surface area is 168 Å². The minimum Gasteiger partial charge on any atom is -0.506 e. The zero-order valence-corrected chi connectivity index (χ0v) is 16.5. The van der Waals surface area contributed by atoms with Crippen LogP contribution in [0.1, 0.15) is 29.8 Å². The summed E-state index contributed by atoms with van der Waals surface area (Å²) in [6.45, 7) is 5.18. The first-order valence-electron chi connectivity index (χ1n) is 9.64. The molecule has 3 aromatic heterocycles. The number of nitrogens with one attached hydrogen (secondary N) is 1. The number of likely N-dealkylation sites (tertiary alicyclic amines) is 1. The van der Waals surface area contributed by atoms with Gasteiger partial charge in [-0.3, -0.25) is 9.55 Å². The van der Waals surface area contributed by atoms with Crippen LogP contribution in [0.15, 0.2) is 24.4 Å². The minimum absolute atomic E-state index is 0.112. The largest absolute Gasteiger partial charge is 0.506 e. The number of aromatic nitrogens is 4. The lowest BCUT2D eigenvalue weighted by Gasteiger charge is -2.30. The highest BCUT2D eigenvalue weighted by Gasteiger charge is 2.24. The molecule has 0 bridgehead atoms. The van der Waals surface area contributed by atoms with Crippen molar-refractivity contribution < 1.29 is 15.0 Å². The predicted molar refractivity (Wildman–Crippen MR) is 108 cm³/mol. The molecule has 9 heteroatoms. The van der Waals surface area contributed by atoms with Crippen LogP contribution in [0.2, 0.25) is 0 Å². The normalized spacial score (nSPS) is 15.0. The number of aromatic hydroxyl groups is 1. The van der Waals surface area contributed by atoms with Crippen molar-refractivity contribution in [2.45, 2.75) is 39.3 Å². The monoisotopic (exact) mass is 396 g/mol. The summed E-state index contributed by atoms with van der Waals surface area (Å²) in [5, 5.41) is 22.9. The van der Waals surface area contributed by atoms with Gasteiger partial charge in [0.05, 0.1) is 6.54 Å². The van der Waals surface area contributed by atoms with Crippen LogP contribution in [-0.4, -0.2) is 59.9 Å². The Balaban J connectivity index is 1.66. The van der Waals surface area contributed by atoms with Crippen molar-refractivity contribution in [3.63, 3.8) is 0 Å². The summed E-state index contributed by atoms with van der Waals surface area (Å²) >= 11 is 0. The number of hydrogen-bond acceptors (Lipinski definition) is 6. The second-order valence-electron chi connectivity index (χ2n) is 7.43. The molecule has 0 saturated carbocycles. The molecule has 1 fully saturated rings. The van der Waals surface area contributed by atoms with Crippen molar-refractivity contribution >= 4 is 23.2 Å². The molecule has 0 spiro atoms. The van der Waals surface area contributed by atoms with Gasteiger partial charge in [-0.2, -0.15) is 0 Å². The van der Waals surface area contributed by atoms with E-state index in [4.69, 9.17) is 10.1 Å². The smallest absolute Gasteiger partial charge is 0.407 e. The number of imidazole rings is 1. The van der Waals surface area contributed by atoms with Gasteiger partial charge in [-0.05, 0) is 50.5 Å². The van der Waals surface area contributed by atoms with Gasteiger partial charge in [0, 0.05) is 31.0 Å². The van der Waals surface area contributed by atoms with Crippen molar-refractivity contribution in [2.75, 3.05) is 18.4 Å². The molecule has 1 saturated heterocycles. The van der Waals surface area contributed by atoms with Crippen molar-refractivity contribution in [3.8, 4) is 5.75 Å². The molecule has 4 rings (SSSR count). The molecule has 0 radical (unpaired) electrons. The molecular formula is C20H24N6O3. The number of piperidine rings is 1. The first kappa shape index (κ1) is 19.0. The summed E-state index contributed by atoms with van der Waals surface area (Å²) in [5.74, 6) is 0.782. The van der Waals surface area contributed by atoms with Crippen LogP contribution >= 0.6 is 0 Å². The third-order valence-electron chi connectivity index (χ3n) is 5.33. The fraction of sp³-hybridized carbons (Fsp3) is 0.400. The van der Waals surface area contributed by atoms with E-state index in [9.17, 15) is 9.90 Å². The molecule has 3 aromatic rings. The quantitative estimate of drug-likeness (QED) is 0.621. The maximum Gasteiger partial charge on any atom is 0.407 e. The van der Waals surface area contributed by atoms with E-state index >= 15 is 0 Å². The summed E-state index contributed by atoms with van der Waals surface area (Å²) in [4.78, 5) is 26.3. The van der Waals surface area contributed by atoms with Crippen LogP contribution < -0.4 is 5.32 Å². The summed E-state index contributed by atoms with van der Waals surface area (Å²) in [5.41, 5.74) is 3.90. The molecule has 152 valence electrons. The average molecular weight is 396 g/mol. The number of amides is 1. The molecular weight excluding hydrogens is 372 g/mol. The van der Waals surface area contributed by atoms with Gasteiger partial charge in [-0.25, -0.2) is 14.8 Å². The summed E-state index contributed by atoms with van der Waals surface area (Å²) < 4.78 is 1.92. The second kappa shape index (κ2) is 7.57. The van der Waals surface area contributed by atoms with Crippen LogP contribution in [0, 0.1) is 13.8 Å². The first-order valence-corrected chi connectivity index (χ1v) is 9.64. The zero-order valence-electron chi connectivity index (χ0n) is 16.5. The molecule has 3 N–H and O–H groups in total. The predicted octanol–water partition coefficient (Wildman–Crippen LogP) is 2.75. The molecule has 29 heavy (non-hydrogen) atoms. The lowest BCUT2D eigenvalue weighted by molar-refractivity contribution is 0.133. The van der Waals surface area contributed by atoms with E-state index in [1.54, 1.807) is 18.3 Å². The fourth-order valence-electron chi connectivity index (χ4n) is 3.67. The number of carbonyl (C=O) groups is 1. The van der Waals surface area contributed by atoms with Crippen LogP contribution in [0.4, 0.5) is 10.7 Å². The van der Waals surface area contributed by atoms with Gasteiger partial charge in [0.25, 0.3) is 0 Å². The van der Waals surface area contributed by atoms with Crippen LogP contribution in [0.25, 0.3) is 11.2 Å². The fourth-order valence-corrected chi connectivity index (χ4v) is 3.67. The average Bonchev–Trinajstić information content (AvgIpc) is 3.04. The number of pyridine rings is 2. The Bertz CT molecular complexity index is 1060. The zero-order chi connectivity index (χ0) is 20.5. The van der Waals surface area contributed by atoms with E-state index in [-0.39, 0.29) is 11.8 Å². The summed E-state index contributed by atoms with van der Waals surface area (Å²) in [6.07, 6.45) is 2.27. The molecule has 0 atom stereocenters. The number of anilines is 1. The summed E-state index contributed by atoms with van der Waals surface area (Å²) in [6, 6.07) is 5.44. The van der Waals surface area contributed by atoms with E-state index in [2.05, 4.69) is 15.3 Å². The van der Waals surface area contributed by atoms with Crippen molar-refractivity contribution in [1.82, 2.24) is 24.4 Å². The van der Waals surface area contributed by atoms with Gasteiger partial charge in [-0.1, -0.05) is 0 Å². The van der Waals surface area contributed by atoms with E-state index in [1.807, 2.05) is 24.5 Å². The Morgan fingerprint density at radius 1 is 1.21 bits per heavy atom. The highest BCUT2D eigenvalue weighted by Crippen LogP contribution is 2.26. The number of nitrogens with zero attached hydrogens (tertiary/aromatic N) is 5. The van der Waals surface area contributed by atoms with E-state index in [1.165, 1.54) is 4.90 Å². The number of aryl methyl sites for hydroxylation is 2. The van der Waals surface area contributed by atoms with Gasteiger partial charge >= 0.3 is 6.09 Å². The van der Waals surface area contributed by atoms with E-state index in [0.29, 0.717) is 44.1 Å². The molecule has 0 unspecified atom stereocenters. The lowest BCUT2D eigenvalue weighted by Crippen LogP contribution is -2.42. The SMILES string of the molecule is Cc1ccc(O)c(Cn2c(NC3CCN(C(=O)O)CC3)nc3c(C)ccnc32)n1. The molecule has 4 heterocycles. The molecule has 0 aliphatic carbocycles. The highest BCUT2D eigenvalue weighted by molar-refractivity contribution is 5.78. The van der Waals surface area contributed by atoms with Gasteiger partial charge in [0.2, 0.25) is 5.95 Å². The number of fused-ring (bicyclic) bond motifs is 1. The third kappa shape index (κ3) is 3.80. The van der Waals surface area contributed by atoms with Gasteiger partial charge in [-0.15, -0.1) is 0 Å². The van der Waals surface area contributed by atoms with Crippen LogP contribution in [0.5, 0.6) is 5.75 Å². The molecule has 1 aliphatic heterocycles. The van der Waals surface area contributed by atoms with E-state index < -0.39 is 6.09 Å². The van der Waals surface area contributed by atoms with Crippen LogP contribution in [0.3, 0.4) is 0 Å².